The van der Waals surface area contributed by atoms with Gasteiger partial charge in [-0.05, 0) is 19.3 Å². The molecular formula is C6H11Cl2. The maximum atomic E-state index is 5.72. The average molecular weight is 154 g/mol. The minimum Gasteiger partial charge on any atom is -0.127 e. The molecule has 0 rings (SSSR count). The van der Waals surface area contributed by atoms with Gasteiger partial charge in [0.05, 0.1) is 0 Å². The first-order valence-corrected chi connectivity index (χ1v) is 3.77. The van der Waals surface area contributed by atoms with Crippen molar-refractivity contribution in [2.75, 3.05) is 5.88 Å². The van der Waals surface area contributed by atoms with Gasteiger partial charge in [0.2, 0.25) is 0 Å². The molecule has 0 fully saturated rings. The molecule has 0 aliphatic carbocycles. The molecule has 0 aliphatic rings. The summed E-state index contributed by atoms with van der Waals surface area (Å²) in [5.41, 5.74) is 0. The molecule has 0 aromatic carbocycles. The lowest BCUT2D eigenvalue weighted by atomic mass is 10.2. The summed E-state index contributed by atoms with van der Waals surface area (Å²) in [5.74, 6) is 0.712. The molecule has 0 spiro atoms. The lowest BCUT2D eigenvalue weighted by molar-refractivity contribution is 0.740. The molecule has 1 unspecified atom stereocenters. The van der Waals surface area contributed by atoms with Crippen LogP contribution >= 0.6 is 23.2 Å². The fraction of sp³-hybridized carbons (Fsp3) is 0.833. The van der Waals surface area contributed by atoms with E-state index in [1.54, 1.807) is 0 Å². The summed E-state index contributed by atoms with van der Waals surface area (Å²) in [7, 11) is 0. The van der Waals surface area contributed by atoms with Crippen molar-refractivity contribution >= 4 is 23.2 Å². The van der Waals surface area contributed by atoms with Crippen molar-refractivity contribution in [1.82, 2.24) is 0 Å². The molecular weight excluding hydrogens is 143 g/mol. The highest BCUT2D eigenvalue weighted by Gasteiger charge is 1.97. The molecule has 0 heterocycles. The SMILES string of the molecule is [CH2]CC(Cl)CCCCl. The Morgan fingerprint density at radius 3 is 2.50 bits per heavy atom. The summed E-state index contributed by atoms with van der Waals surface area (Å²) in [4.78, 5) is 0. The molecule has 0 amide bonds. The predicted molar refractivity (Wildman–Crippen MR) is 39.6 cm³/mol. The monoisotopic (exact) mass is 153 g/mol. The normalized spacial score (nSPS) is 13.9. The first-order chi connectivity index (χ1) is 3.81. The van der Waals surface area contributed by atoms with Crippen molar-refractivity contribution in [1.29, 1.82) is 0 Å². The summed E-state index contributed by atoms with van der Waals surface area (Å²) >= 11 is 11.1. The van der Waals surface area contributed by atoms with Crippen LogP contribution in [-0.4, -0.2) is 11.3 Å². The van der Waals surface area contributed by atoms with Crippen LogP contribution in [0.15, 0.2) is 0 Å². The van der Waals surface area contributed by atoms with E-state index in [4.69, 9.17) is 23.2 Å². The van der Waals surface area contributed by atoms with Gasteiger partial charge in [-0.3, -0.25) is 0 Å². The van der Waals surface area contributed by atoms with Gasteiger partial charge in [0.1, 0.15) is 0 Å². The van der Waals surface area contributed by atoms with Gasteiger partial charge in [-0.1, -0.05) is 6.92 Å². The molecule has 0 saturated carbocycles. The van der Waals surface area contributed by atoms with Gasteiger partial charge >= 0.3 is 0 Å². The highest BCUT2D eigenvalue weighted by atomic mass is 35.5. The Hall–Kier alpha value is 0.580. The van der Waals surface area contributed by atoms with E-state index in [-0.39, 0.29) is 5.38 Å². The van der Waals surface area contributed by atoms with E-state index in [0.29, 0.717) is 5.88 Å². The maximum Gasteiger partial charge on any atom is 0.0336 e. The second-order valence-corrected chi connectivity index (χ2v) is 2.71. The van der Waals surface area contributed by atoms with Crippen LogP contribution in [0.1, 0.15) is 19.3 Å². The second kappa shape index (κ2) is 5.71. The van der Waals surface area contributed by atoms with Crippen molar-refractivity contribution in [3.63, 3.8) is 0 Å². The van der Waals surface area contributed by atoms with E-state index in [1.165, 1.54) is 0 Å². The van der Waals surface area contributed by atoms with E-state index >= 15 is 0 Å². The number of rotatable bonds is 4. The Labute approximate surface area is 61.2 Å². The molecule has 1 radical (unpaired) electrons. The van der Waals surface area contributed by atoms with Crippen molar-refractivity contribution < 1.29 is 0 Å². The number of hydrogen-bond donors (Lipinski definition) is 0. The number of alkyl halides is 2. The third-order valence-electron chi connectivity index (χ3n) is 0.964. The molecule has 0 aromatic rings. The highest BCUT2D eigenvalue weighted by Crippen LogP contribution is 2.08. The Balaban J connectivity index is 2.86. The minimum absolute atomic E-state index is 0.230. The van der Waals surface area contributed by atoms with Crippen LogP contribution in [0.3, 0.4) is 0 Å². The van der Waals surface area contributed by atoms with Crippen LogP contribution in [-0.2, 0) is 0 Å². The average Bonchev–Trinajstić information content (AvgIpc) is 1.83. The summed E-state index contributed by atoms with van der Waals surface area (Å²) in [6, 6.07) is 0. The van der Waals surface area contributed by atoms with Crippen molar-refractivity contribution in [2.45, 2.75) is 24.6 Å². The zero-order valence-electron chi connectivity index (χ0n) is 4.87. The van der Waals surface area contributed by atoms with Crippen molar-refractivity contribution in [3.05, 3.63) is 6.92 Å². The van der Waals surface area contributed by atoms with E-state index in [1.807, 2.05) is 0 Å². The van der Waals surface area contributed by atoms with Gasteiger partial charge in [0, 0.05) is 11.3 Å². The molecule has 0 aliphatic heterocycles. The largest absolute Gasteiger partial charge is 0.127 e. The number of halogens is 2. The fourth-order valence-electron chi connectivity index (χ4n) is 0.443. The zero-order valence-corrected chi connectivity index (χ0v) is 6.38. The van der Waals surface area contributed by atoms with Gasteiger partial charge in [-0.15, -0.1) is 23.2 Å². The minimum atomic E-state index is 0.230. The molecule has 0 bridgehead atoms. The standard InChI is InChI=1S/C6H11Cl2/c1-2-6(8)4-3-5-7/h6H,1-5H2. The Morgan fingerprint density at radius 2 is 2.12 bits per heavy atom. The Bertz CT molecular complexity index is 45.8. The van der Waals surface area contributed by atoms with E-state index in [0.717, 1.165) is 19.3 Å². The molecule has 0 aromatic heterocycles. The Kier molecular flexibility index (Phi) is 6.13. The lowest BCUT2D eigenvalue weighted by Gasteiger charge is -2.01. The van der Waals surface area contributed by atoms with E-state index < -0.39 is 0 Å². The van der Waals surface area contributed by atoms with Gasteiger partial charge in [0.25, 0.3) is 0 Å². The third kappa shape index (κ3) is 4.73. The quantitative estimate of drug-likeness (QED) is 0.546. The van der Waals surface area contributed by atoms with Gasteiger partial charge in [0.15, 0.2) is 0 Å². The first kappa shape index (κ1) is 8.58. The summed E-state index contributed by atoms with van der Waals surface area (Å²) in [5, 5.41) is 0.230. The van der Waals surface area contributed by atoms with Crippen LogP contribution in [0.4, 0.5) is 0 Å². The third-order valence-corrected chi connectivity index (χ3v) is 1.67. The van der Waals surface area contributed by atoms with Crippen molar-refractivity contribution in [3.8, 4) is 0 Å². The van der Waals surface area contributed by atoms with Gasteiger partial charge < -0.3 is 0 Å². The molecule has 8 heavy (non-hydrogen) atoms. The molecule has 49 valence electrons. The zero-order chi connectivity index (χ0) is 6.41. The lowest BCUT2D eigenvalue weighted by Crippen LogP contribution is -1.95. The predicted octanol–water partition coefficient (Wildman–Crippen LogP) is 2.84. The highest BCUT2D eigenvalue weighted by molar-refractivity contribution is 6.20. The maximum absolute atomic E-state index is 5.72. The van der Waals surface area contributed by atoms with Crippen LogP contribution in [0, 0.1) is 6.92 Å². The molecule has 0 saturated heterocycles. The fourth-order valence-corrected chi connectivity index (χ4v) is 0.752. The topological polar surface area (TPSA) is 0 Å². The van der Waals surface area contributed by atoms with Crippen LogP contribution in [0.2, 0.25) is 0 Å². The first-order valence-electron chi connectivity index (χ1n) is 2.80. The van der Waals surface area contributed by atoms with Crippen molar-refractivity contribution in [2.24, 2.45) is 0 Å². The summed E-state index contributed by atoms with van der Waals surface area (Å²) in [6.07, 6.45) is 2.80. The summed E-state index contributed by atoms with van der Waals surface area (Å²) in [6.45, 7) is 3.66. The second-order valence-electron chi connectivity index (χ2n) is 1.72. The van der Waals surface area contributed by atoms with Gasteiger partial charge in [-0.2, -0.15) is 0 Å². The molecule has 2 heteroatoms. The summed E-state index contributed by atoms with van der Waals surface area (Å²) < 4.78 is 0. The van der Waals surface area contributed by atoms with E-state index in [2.05, 4.69) is 6.92 Å². The van der Waals surface area contributed by atoms with E-state index in [9.17, 15) is 0 Å². The van der Waals surface area contributed by atoms with Crippen LogP contribution < -0.4 is 0 Å². The number of hydrogen-bond acceptors (Lipinski definition) is 0. The molecule has 1 atom stereocenters. The van der Waals surface area contributed by atoms with Gasteiger partial charge in [-0.25, -0.2) is 0 Å². The molecule has 0 nitrogen and oxygen atoms in total. The Morgan fingerprint density at radius 1 is 1.50 bits per heavy atom. The molecule has 0 N–H and O–H groups in total. The van der Waals surface area contributed by atoms with Crippen LogP contribution in [0.25, 0.3) is 0 Å². The smallest absolute Gasteiger partial charge is 0.0336 e. The van der Waals surface area contributed by atoms with Crippen LogP contribution in [0.5, 0.6) is 0 Å².